The summed E-state index contributed by atoms with van der Waals surface area (Å²) < 4.78 is 13.8. The van der Waals surface area contributed by atoms with Crippen LogP contribution in [0, 0.1) is 11.7 Å². The smallest absolute Gasteiger partial charge is 0.303 e. The highest BCUT2D eigenvalue weighted by Crippen LogP contribution is 2.28. The van der Waals surface area contributed by atoms with Crippen molar-refractivity contribution in [2.75, 3.05) is 5.32 Å². The molecule has 1 atom stereocenters. The molecule has 1 aromatic rings. The van der Waals surface area contributed by atoms with Crippen LogP contribution in [0.1, 0.15) is 68.6 Å². The highest BCUT2D eigenvalue weighted by Gasteiger charge is 2.22. The van der Waals surface area contributed by atoms with Crippen molar-refractivity contribution in [2.45, 2.75) is 64.3 Å². The third kappa shape index (κ3) is 7.00. The summed E-state index contributed by atoms with van der Waals surface area (Å²) in [6, 6.07) is 3.53. The number of carbonyl (C=O) groups excluding carboxylic acids is 2. The highest BCUT2D eigenvalue weighted by molar-refractivity contribution is 5.97. The summed E-state index contributed by atoms with van der Waals surface area (Å²) in [4.78, 5) is 34.7. The number of carboxylic acids is 1. The Kier molecular flexibility index (Phi) is 7.76. The first-order valence-corrected chi connectivity index (χ1v) is 9.45. The molecule has 0 aromatic heterocycles. The fourth-order valence-corrected chi connectivity index (χ4v) is 3.59. The van der Waals surface area contributed by atoms with Crippen LogP contribution in [0.2, 0.25) is 0 Å². The minimum Gasteiger partial charge on any atom is -0.481 e. The molecule has 27 heavy (non-hydrogen) atoms. The number of nitrogens with one attached hydrogen (secondary N) is 2. The lowest BCUT2D eigenvalue weighted by molar-refractivity contribution is -0.137. The molecule has 1 aliphatic carbocycles. The van der Waals surface area contributed by atoms with E-state index in [1.165, 1.54) is 38.3 Å². The van der Waals surface area contributed by atoms with E-state index in [2.05, 4.69) is 10.6 Å². The van der Waals surface area contributed by atoms with Crippen molar-refractivity contribution in [3.8, 4) is 0 Å². The van der Waals surface area contributed by atoms with Crippen LogP contribution >= 0.6 is 0 Å². The second kappa shape index (κ2) is 10.0. The molecule has 6 nitrogen and oxygen atoms in total. The van der Waals surface area contributed by atoms with Gasteiger partial charge in [0.1, 0.15) is 5.82 Å². The Balaban J connectivity index is 2.06. The Bertz CT molecular complexity index is 687. The molecule has 0 radical (unpaired) electrons. The number of amides is 2. The molecule has 0 spiro atoms. The molecular formula is C20H27FN2O4. The van der Waals surface area contributed by atoms with Crippen molar-refractivity contribution in [3.05, 3.63) is 29.6 Å². The predicted molar refractivity (Wildman–Crippen MR) is 100 cm³/mol. The van der Waals surface area contributed by atoms with E-state index in [0.29, 0.717) is 12.3 Å². The molecule has 1 unspecified atom stereocenters. The Morgan fingerprint density at radius 3 is 2.56 bits per heavy atom. The van der Waals surface area contributed by atoms with Crippen LogP contribution in [0.15, 0.2) is 18.2 Å². The highest BCUT2D eigenvalue weighted by atomic mass is 19.1. The molecule has 1 aromatic carbocycles. The normalized spacial score (nSPS) is 15.8. The summed E-state index contributed by atoms with van der Waals surface area (Å²) in [6.45, 7) is 1.26. The summed E-state index contributed by atoms with van der Waals surface area (Å²) in [5, 5.41) is 14.2. The Morgan fingerprint density at radius 2 is 1.93 bits per heavy atom. The van der Waals surface area contributed by atoms with Crippen molar-refractivity contribution in [2.24, 2.45) is 5.92 Å². The molecular weight excluding hydrogens is 351 g/mol. The lowest BCUT2D eigenvalue weighted by Crippen LogP contribution is -2.37. The summed E-state index contributed by atoms with van der Waals surface area (Å²) >= 11 is 0. The van der Waals surface area contributed by atoms with Crippen LogP contribution in [0.25, 0.3) is 0 Å². The van der Waals surface area contributed by atoms with Gasteiger partial charge >= 0.3 is 5.97 Å². The SMILES string of the molecule is CC(=O)Nc1cc(C(=O)NC(CCC(=O)O)CC2CCCCC2)ccc1F. The third-order valence-corrected chi connectivity index (χ3v) is 4.92. The van der Waals surface area contributed by atoms with E-state index in [9.17, 15) is 18.8 Å². The Labute approximate surface area is 158 Å². The number of hydrogen-bond acceptors (Lipinski definition) is 3. The van der Waals surface area contributed by atoms with Crippen LogP contribution in [-0.4, -0.2) is 28.9 Å². The van der Waals surface area contributed by atoms with Gasteiger partial charge in [0, 0.05) is 24.9 Å². The molecule has 0 bridgehead atoms. The van der Waals surface area contributed by atoms with E-state index in [0.717, 1.165) is 25.3 Å². The van der Waals surface area contributed by atoms with Gasteiger partial charge in [-0.05, 0) is 37.0 Å². The van der Waals surface area contributed by atoms with Gasteiger partial charge in [-0.15, -0.1) is 0 Å². The first-order valence-electron chi connectivity index (χ1n) is 9.45. The molecule has 1 fully saturated rings. The molecule has 2 amide bonds. The molecule has 1 aliphatic rings. The monoisotopic (exact) mass is 378 g/mol. The van der Waals surface area contributed by atoms with Crippen molar-refractivity contribution in [1.29, 1.82) is 0 Å². The van der Waals surface area contributed by atoms with Crippen LogP contribution in [0.5, 0.6) is 0 Å². The number of carboxylic acid groups (broad SMARTS) is 1. The standard InChI is InChI=1S/C20H27FN2O4/c1-13(24)22-18-12-15(7-9-17(18)21)20(27)23-16(8-10-19(25)26)11-14-5-3-2-4-6-14/h7,9,12,14,16H,2-6,8,10-11H2,1H3,(H,22,24)(H,23,27)(H,25,26). The lowest BCUT2D eigenvalue weighted by atomic mass is 9.84. The largest absolute Gasteiger partial charge is 0.481 e. The molecule has 0 heterocycles. The maximum Gasteiger partial charge on any atom is 0.303 e. The van der Waals surface area contributed by atoms with E-state index < -0.39 is 23.6 Å². The zero-order valence-corrected chi connectivity index (χ0v) is 15.6. The van der Waals surface area contributed by atoms with Crippen LogP contribution in [0.3, 0.4) is 0 Å². The van der Waals surface area contributed by atoms with Crippen molar-refractivity contribution in [3.63, 3.8) is 0 Å². The van der Waals surface area contributed by atoms with Gasteiger partial charge in [-0.1, -0.05) is 32.1 Å². The molecule has 0 aliphatic heterocycles. The average molecular weight is 378 g/mol. The summed E-state index contributed by atoms with van der Waals surface area (Å²) in [6.07, 6.45) is 6.86. The van der Waals surface area contributed by atoms with Gasteiger partial charge in [-0.2, -0.15) is 0 Å². The number of anilines is 1. The van der Waals surface area contributed by atoms with E-state index in [1.54, 1.807) is 0 Å². The second-order valence-corrected chi connectivity index (χ2v) is 7.22. The van der Waals surface area contributed by atoms with Crippen molar-refractivity contribution in [1.82, 2.24) is 5.32 Å². The van der Waals surface area contributed by atoms with E-state index in [1.807, 2.05) is 0 Å². The van der Waals surface area contributed by atoms with Gasteiger partial charge in [-0.25, -0.2) is 4.39 Å². The van der Waals surface area contributed by atoms with Gasteiger partial charge in [0.05, 0.1) is 5.69 Å². The topological polar surface area (TPSA) is 95.5 Å². The molecule has 2 rings (SSSR count). The van der Waals surface area contributed by atoms with Crippen molar-refractivity contribution >= 4 is 23.5 Å². The summed E-state index contributed by atoms with van der Waals surface area (Å²) in [5.41, 5.74) is 0.175. The molecule has 3 N–H and O–H groups in total. The van der Waals surface area contributed by atoms with Crippen LogP contribution in [-0.2, 0) is 9.59 Å². The number of hydrogen-bond donors (Lipinski definition) is 3. The molecule has 7 heteroatoms. The second-order valence-electron chi connectivity index (χ2n) is 7.22. The Hall–Kier alpha value is -2.44. The molecule has 0 saturated heterocycles. The van der Waals surface area contributed by atoms with Crippen molar-refractivity contribution < 1.29 is 23.9 Å². The van der Waals surface area contributed by atoms with Gasteiger partial charge in [-0.3, -0.25) is 14.4 Å². The summed E-state index contributed by atoms with van der Waals surface area (Å²) in [5.74, 6) is -1.85. The number of rotatable bonds is 8. The van der Waals surface area contributed by atoms with Crippen LogP contribution in [0.4, 0.5) is 10.1 Å². The zero-order chi connectivity index (χ0) is 19.8. The predicted octanol–water partition coefficient (Wildman–Crippen LogP) is 3.72. The molecule has 1 saturated carbocycles. The zero-order valence-electron chi connectivity index (χ0n) is 15.6. The first kappa shape index (κ1) is 20.9. The maximum atomic E-state index is 13.8. The molecule has 148 valence electrons. The van der Waals surface area contributed by atoms with Gasteiger partial charge in [0.2, 0.25) is 5.91 Å². The fraction of sp³-hybridized carbons (Fsp3) is 0.550. The first-order chi connectivity index (χ1) is 12.8. The van der Waals surface area contributed by atoms with Gasteiger partial charge in [0.15, 0.2) is 0 Å². The van der Waals surface area contributed by atoms with E-state index >= 15 is 0 Å². The number of aliphatic carboxylic acids is 1. The maximum absolute atomic E-state index is 13.8. The Morgan fingerprint density at radius 1 is 1.22 bits per heavy atom. The van der Waals surface area contributed by atoms with E-state index in [-0.39, 0.29) is 23.7 Å². The van der Waals surface area contributed by atoms with Gasteiger partial charge < -0.3 is 15.7 Å². The number of carbonyl (C=O) groups is 3. The number of halogens is 1. The minimum atomic E-state index is -0.896. The third-order valence-electron chi connectivity index (χ3n) is 4.92. The van der Waals surface area contributed by atoms with E-state index in [4.69, 9.17) is 5.11 Å². The summed E-state index contributed by atoms with van der Waals surface area (Å²) in [7, 11) is 0. The number of benzene rings is 1. The lowest BCUT2D eigenvalue weighted by Gasteiger charge is -2.27. The average Bonchev–Trinajstić information content (AvgIpc) is 2.62. The van der Waals surface area contributed by atoms with Gasteiger partial charge in [0.25, 0.3) is 5.91 Å². The minimum absolute atomic E-state index is 0.0156. The fourth-order valence-electron chi connectivity index (χ4n) is 3.59. The quantitative estimate of drug-likeness (QED) is 0.642. The van der Waals surface area contributed by atoms with Crippen LogP contribution < -0.4 is 10.6 Å².